The van der Waals surface area contributed by atoms with Crippen molar-refractivity contribution >= 4 is 33.3 Å². The van der Waals surface area contributed by atoms with Crippen LogP contribution in [0.4, 0.5) is 0 Å². The molecule has 1 heterocycles. The Morgan fingerprint density at radius 2 is 2.36 bits per heavy atom. The molecule has 0 saturated heterocycles. The van der Waals surface area contributed by atoms with Crippen molar-refractivity contribution in [3.8, 4) is 0 Å². The highest BCUT2D eigenvalue weighted by Gasteiger charge is 1.93. The van der Waals surface area contributed by atoms with E-state index in [1.807, 2.05) is 12.1 Å². The Labute approximate surface area is 75.6 Å². The second kappa shape index (κ2) is 3.64. The van der Waals surface area contributed by atoms with Gasteiger partial charge in [0, 0.05) is 11.0 Å². The number of thiophene rings is 1. The van der Waals surface area contributed by atoms with Gasteiger partial charge in [-0.05, 0) is 28.1 Å². The average molecular weight is 234 g/mol. The maximum atomic E-state index is 9.89. The van der Waals surface area contributed by atoms with E-state index in [-0.39, 0.29) is 0 Å². The smallest absolute Gasteiger partial charge is 0.235 e. The van der Waals surface area contributed by atoms with Gasteiger partial charge >= 0.3 is 0 Å². The third kappa shape index (κ3) is 2.81. The highest BCUT2D eigenvalue weighted by Crippen LogP contribution is 2.22. The van der Waals surface area contributed by atoms with E-state index in [1.165, 1.54) is 17.4 Å². The van der Waals surface area contributed by atoms with Crippen molar-refractivity contribution < 1.29 is 4.92 Å². The Bertz CT molecular complexity index is 295. The molecule has 0 unspecified atom stereocenters. The molecule has 3 nitrogen and oxygen atoms in total. The summed E-state index contributed by atoms with van der Waals surface area (Å²) in [5, 5.41) is 9.89. The zero-order valence-corrected chi connectivity index (χ0v) is 7.76. The highest BCUT2D eigenvalue weighted by molar-refractivity contribution is 9.11. The summed E-state index contributed by atoms with van der Waals surface area (Å²) in [7, 11) is 0. The lowest BCUT2D eigenvalue weighted by Gasteiger charge is -1.78. The fourth-order valence-corrected chi connectivity index (χ4v) is 1.87. The summed E-state index contributed by atoms with van der Waals surface area (Å²) < 4.78 is 0.973. The first-order valence-electron chi connectivity index (χ1n) is 2.75. The van der Waals surface area contributed by atoms with Gasteiger partial charge in [0.25, 0.3) is 0 Å². The van der Waals surface area contributed by atoms with Crippen LogP contribution in [0.2, 0.25) is 0 Å². The topological polar surface area (TPSA) is 43.1 Å². The molecule has 0 aromatic carbocycles. The van der Waals surface area contributed by atoms with Crippen LogP contribution in [-0.2, 0) is 0 Å². The van der Waals surface area contributed by atoms with Gasteiger partial charge in [-0.1, -0.05) is 0 Å². The second-order valence-electron chi connectivity index (χ2n) is 1.74. The molecule has 0 fully saturated rings. The number of hydrogen-bond donors (Lipinski definition) is 0. The van der Waals surface area contributed by atoms with Crippen molar-refractivity contribution in [3.05, 3.63) is 37.1 Å². The minimum atomic E-state index is -0.479. The van der Waals surface area contributed by atoms with Crippen molar-refractivity contribution in [2.75, 3.05) is 0 Å². The van der Waals surface area contributed by atoms with Gasteiger partial charge in [-0.3, -0.25) is 10.1 Å². The molecule has 0 aliphatic heterocycles. The van der Waals surface area contributed by atoms with Gasteiger partial charge in [-0.2, -0.15) is 0 Å². The van der Waals surface area contributed by atoms with E-state index in [4.69, 9.17) is 0 Å². The van der Waals surface area contributed by atoms with Crippen molar-refractivity contribution in [1.82, 2.24) is 0 Å². The molecule has 58 valence electrons. The van der Waals surface area contributed by atoms with E-state index in [1.54, 1.807) is 0 Å². The number of rotatable bonds is 2. The first-order chi connectivity index (χ1) is 5.18. The molecule has 1 aromatic rings. The standard InChI is InChI=1S/C6H4BrNO2S/c7-6-2-1-5(11-6)3-4-8(9)10/h1-4H/b4-3+. The summed E-state index contributed by atoms with van der Waals surface area (Å²) in [6.07, 6.45) is 2.40. The summed E-state index contributed by atoms with van der Waals surface area (Å²) in [6, 6.07) is 3.67. The first-order valence-corrected chi connectivity index (χ1v) is 4.36. The lowest BCUT2D eigenvalue weighted by atomic mass is 10.5. The number of nitrogens with zero attached hydrogens (tertiary/aromatic N) is 1. The molecule has 0 N–H and O–H groups in total. The Hall–Kier alpha value is -0.680. The summed E-state index contributed by atoms with van der Waals surface area (Å²) in [4.78, 5) is 10.3. The van der Waals surface area contributed by atoms with E-state index in [9.17, 15) is 10.1 Å². The minimum absolute atomic E-state index is 0.479. The summed E-state index contributed by atoms with van der Waals surface area (Å²) in [5.41, 5.74) is 0. The Morgan fingerprint density at radius 3 is 2.82 bits per heavy atom. The normalized spacial score (nSPS) is 10.6. The Kier molecular flexibility index (Phi) is 2.78. The van der Waals surface area contributed by atoms with Crippen LogP contribution in [0.25, 0.3) is 6.08 Å². The maximum absolute atomic E-state index is 9.89. The van der Waals surface area contributed by atoms with Crippen LogP contribution < -0.4 is 0 Å². The average Bonchev–Trinajstić information content (AvgIpc) is 2.31. The van der Waals surface area contributed by atoms with Gasteiger partial charge in [0.1, 0.15) is 0 Å². The van der Waals surface area contributed by atoms with Crippen LogP contribution in [0.15, 0.2) is 22.1 Å². The zero-order valence-electron chi connectivity index (χ0n) is 5.36. The van der Waals surface area contributed by atoms with Gasteiger partial charge < -0.3 is 0 Å². The largest absolute Gasteiger partial charge is 0.259 e. The summed E-state index contributed by atoms with van der Waals surface area (Å²) >= 11 is 4.71. The quantitative estimate of drug-likeness (QED) is 0.583. The van der Waals surface area contributed by atoms with Crippen LogP contribution >= 0.6 is 27.3 Å². The van der Waals surface area contributed by atoms with Crippen LogP contribution in [0.5, 0.6) is 0 Å². The molecular weight excluding hydrogens is 230 g/mol. The molecule has 0 saturated carbocycles. The number of hydrogen-bond acceptors (Lipinski definition) is 3. The van der Waals surface area contributed by atoms with Crippen LogP contribution in [-0.4, -0.2) is 4.92 Å². The van der Waals surface area contributed by atoms with E-state index < -0.39 is 4.92 Å². The molecule has 0 aliphatic carbocycles. The Balaban J connectivity index is 2.71. The van der Waals surface area contributed by atoms with Gasteiger partial charge in [0.2, 0.25) is 6.20 Å². The fraction of sp³-hybridized carbons (Fsp3) is 0. The molecule has 5 heteroatoms. The van der Waals surface area contributed by atoms with Gasteiger partial charge in [0.15, 0.2) is 0 Å². The molecule has 1 aromatic heterocycles. The van der Waals surface area contributed by atoms with Crippen molar-refractivity contribution in [2.24, 2.45) is 0 Å². The van der Waals surface area contributed by atoms with Crippen molar-refractivity contribution in [1.29, 1.82) is 0 Å². The van der Waals surface area contributed by atoms with Gasteiger partial charge in [-0.15, -0.1) is 11.3 Å². The van der Waals surface area contributed by atoms with Crippen molar-refractivity contribution in [3.63, 3.8) is 0 Å². The second-order valence-corrected chi connectivity index (χ2v) is 4.24. The Morgan fingerprint density at radius 1 is 1.64 bits per heavy atom. The summed E-state index contributed by atoms with van der Waals surface area (Å²) in [6.45, 7) is 0. The molecule has 0 spiro atoms. The number of halogens is 1. The molecule has 0 amide bonds. The van der Waals surface area contributed by atoms with E-state index in [0.29, 0.717) is 0 Å². The first kappa shape index (κ1) is 8.42. The SMILES string of the molecule is O=[N+]([O-])/C=C/c1ccc(Br)s1. The molecule has 0 atom stereocenters. The molecule has 0 radical (unpaired) electrons. The molecule has 1 rings (SSSR count). The third-order valence-corrected chi connectivity index (χ3v) is 2.54. The maximum Gasteiger partial charge on any atom is 0.235 e. The minimum Gasteiger partial charge on any atom is -0.259 e. The summed E-state index contributed by atoms with van der Waals surface area (Å²) in [5.74, 6) is 0. The lowest BCUT2D eigenvalue weighted by molar-refractivity contribution is -0.400. The van der Waals surface area contributed by atoms with Crippen LogP contribution in [0.1, 0.15) is 4.88 Å². The fourth-order valence-electron chi connectivity index (χ4n) is 0.552. The molecule has 0 aliphatic rings. The van der Waals surface area contributed by atoms with E-state index >= 15 is 0 Å². The molecule has 0 bridgehead atoms. The zero-order chi connectivity index (χ0) is 8.27. The lowest BCUT2D eigenvalue weighted by Crippen LogP contribution is -1.80. The van der Waals surface area contributed by atoms with Crippen molar-refractivity contribution in [2.45, 2.75) is 0 Å². The third-order valence-electron chi connectivity index (χ3n) is 0.955. The highest BCUT2D eigenvalue weighted by atomic mass is 79.9. The molecular formula is C6H4BrNO2S. The van der Waals surface area contributed by atoms with E-state index in [2.05, 4.69) is 15.9 Å². The van der Waals surface area contributed by atoms with Crippen LogP contribution in [0, 0.1) is 10.1 Å². The van der Waals surface area contributed by atoms with Gasteiger partial charge in [0.05, 0.1) is 8.71 Å². The number of nitro groups is 1. The predicted molar refractivity (Wildman–Crippen MR) is 48.0 cm³/mol. The monoisotopic (exact) mass is 233 g/mol. The molecule has 11 heavy (non-hydrogen) atoms. The van der Waals surface area contributed by atoms with Gasteiger partial charge in [-0.25, -0.2) is 0 Å². The predicted octanol–water partition coefficient (Wildman–Crippen LogP) is 2.76. The van der Waals surface area contributed by atoms with E-state index in [0.717, 1.165) is 14.9 Å². The van der Waals surface area contributed by atoms with Crippen LogP contribution in [0.3, 0.4) is 0 Å².